The number of aryl methyl sites for hydroxylation is 11. The van der Waals surface area contributed by atoms with Gasteiger partial charge < -0.3 is 5.73 Å². The average Bonchev–Trinajstić information content (AvgIpc) is 3.42. The lowest BCUT2D eigenvalue weighted by atomic mass is 9.95. The van der Waals surface area contributed by atoms with E-state index >= 15 is 0 Å². The molecule has 0 amide bonds. The first kappa shape index (κ1) is 61.3. The maximum atomic E-state index is 8.38. The van der Waals surface area contributed by atoms with Crippen molar-refractivity contribution >= 4 is 16.5 Å². The van der Waals surface area contributed by atoms with Gasteiger partial charge in [0.15, 0.2) is 0 Å². The summed E-state index contributed by atoms with van der Waals surface area (Å²) >= 11 is 0. The first-order chi connectivity index (χ1) is 36.1. The van der Waals surface area contributed by atoms with Crippen molar-refractivity contribution in [2.75, 3.05) is 5.73 Å². The van der Waals surface area contributed by atoms with Crippen LogP contribution >= 0.6 is 0 Å². The van der Waals surface area contributed by atoms with Gasteiger partial charge in [-0.25, -0.2) is 0 Å². The Morgan fingerprint density at radius 3 is 1.09 bits per heavy atom. The normalized spacial score (nSPS) is 11.3. The van der Waals surface area contributed by atoms with E-state index in [4.69, 9.17) is 11.0 Å². The van der Waals surface area contributed by atoms with E-state index in [0.29, 0.717) is 0 Å². The molecule has 2 heteroatoms. The van der Waals surface area contributed by atoms with Crippen LogP contribution in [0.5, 0.6) is 0 Å². The highest BCUT2D eigenvalue weighted by Gasteiger charge is 2.05. The third-order valence-electron chi connectivity index (χ3n) is 12.4. The number of allylic oxidation sites excluding steroid dienone is 4. The smallest absolute Gasteiger partial charge is 0.0991 e. The van der Waals surface area contributed by atoms with E-state index in [2.05, 4.69) is 233 Å². The van der Waals surface area contributed by atoms with Crippen molar-refractivity contribution in [3.05, 3.63) is 291 Å². The average molecular weight is 989 g/mol. The number of anilines is 1. The van der Waals surface area contributed by atoms with E-state index < -0.39 is 0 Å². The maximum Gasteiger partial charge on any atom is 0.0991 e. The van der Waals surface area contributed by atoms with Gasteiger partial charge in [-0.3, -0.25) is 0 Å². The highest BCUT2D eigenvalue weighted by molar-refractivity contribution is 5.88. The van der Waals surface area contributed by atoms with Crippen molar-refractivity contribution in [1.29, 1.82) is 5.26 Å². The Labute approximate surface area is 454 Å². The van der Waals surface area contributed by atoms with Crippen molar-refractivity contribution < 1.29 is 0 Å². The SMILES string of the molecule is CC.CC1C=CC=CC1.Cc1ccc(C#N)cc1.Cc1ccc(C)c(-c2ccccc2C)c1.Cc1ccc(C)c(-c2ccccc2C)c1.Cc1ccc(N)cc1.Cc1cccc2c(C)cccc12.Cc1ccccc1. The number of fused-ring (bicyclic) bond motifs is 1. The molecule has 1 atom stereocenters. The second kappa shape index (κ2) is 33.7. The van der Waals surface area contributed by atoms with Gasteiger partial charge in [0, 0.05) is 5.69 Å². The molecule has 0 spiro atoms. The molecule has 0 aromatic heterocycles. The second-order valence-corrected chi connectivity index (χ2v) is 19.1. The predicted molar refractivity (Wildman–Crippen MR) is 332 cm³/mol. The molecule has 10 rings (SSSR count). The minimum absolute atomic E-state index is 0.723. The van der Waals surface area contributed by atoms with Crippen LogP contribution in [0, 0.1) is 93.4 Å². The molecule has 75 heavy (non-hydrogen) atoms. The fraction of sp³-hybridized carbons (Fsp3) is 0.219. The number of nitrogen functional groups attached to an aromatic ring is 1. The standard InChI is InChI=1S/2C15H16.C12H12.C8H7N.C7H9N.C7H10.C7H8.C2H6/c2*1-11-8-9-13(3)15(10-11)14-7-5-4-6-12(14)2;1-9-5-3-8-12-10(2)6-4-7-11(9)12;1-7-2-4-8(6-9)5-3-7;1-6-2-4-7(8)5-3-6;2*1-7-5-3-2-4-6-7;1-2/h2*4-10H,1-3H3;3-8H,1-2H3;2-5H,1H3;2-5H,8H2,1H3;2-5,7H,6H2,1H3;2-6H,1H3;1-2H3. The molecule has 1 unspecified atom stereocenters. The van der Waals surface area contributed by atoms with Crippen LogP contribution in [0.4, 0.5) is 5.69 Å². The highest BCUT2D eigenvalue weighted by Crippen LogP contribution is 2.28. The Morgan fingerprint density at radius 2 is 0.747 bits per heavy atom. The maximum absolute atomic E-state index is 8.38. The molecule has 0 radical (unpaired) electrons. The van der Waals surface area contributed by atoms with Crippen LogP contribution in [0.3, 0.4) is 0 Å². The lowest BCUT2D eigenvalue weighted by Gasteiger charge is -2.09. The first-order valence-corrected chi connectivity index (χ1v) is 26.4. The Kier molecular flexibility index (Phi) is 27.5. The fourth-order valence-electron chi connectivity index (χ4n) is 7.86. The molecule has 2 N–H and O–H groups in total. The summed E-state index contributed by atoms with van der Waals surface area (Å²) in [4.78, 5) is 0. The number of nitrogens with zero attached hydrogens (tertiary/aromatic N) is 1. The van der Waals surface area contributed by atoms with Crippen LogP contribution < -0.4 is 5.73 Å². The van der Waals surface area contributed by atoms with E-state index in [0.717, 1.165) is 17.2 Å². The minimum Gasteiger partial charge on any atom is -0.399 e. The summed E-state index contributed by atoms with van der Waals surface area (Å²) in [7, 11) is 0. The molecular formula is C73H84N2. The number of hydrogen-bond donors (Lipinski definition) is 1. The number of hydrogen-bond acceptors (Lipinski definition) is 2. The number of rotatable bonds is 2. The van der Waals surface area contributed by atoms with Crippen LogP contribution in [0.1, 0.15) is 94.0 Å². The van der Waals surface area contributed by atoms with Crippen molar-refractivity contribution in [3.8, 4) is 28.3 Å². The molecule has 0 saturated heterocycles. The molecule has 0 saturated carbocycles. The molecule has 9 aromatic carbocycles. The van der Waals surface area contributed by atoms with E-state index in [1.165, 1.54) is 101 Å². The van der Waals surface area contributed by atoms with Crippen molar-refractivity contribution in [3.63, 3.8) is 0 Å². The van der Waals surface area contributed by atoms with E-state index in [9.17, 15) is 0 Å². The van der Waals surface area contributed by atoms with Gasteiger partial charge in [-0.1, -0.05) is 249 Å². The molecule has 2 nitrogen and oxygen atoms in total. The molecule has 386 valence electrons. The van der Waals surface area contributed by atoms with Gasteiger partial charge in [0.05, 0.1) is 11.6 Å². The highest BCUT2D eigenvalue weighted by atomic mass is 14.5. The molecular weight excluding hydrogens is 905 g/mol. The summed E-state index contributed by atoms with van der Waals surface area (Å²) in [5.74, 6) is 0.769. The van der Waals surface area contributed by atoms with Gasteiger partial charge in [-0.05, 0) is 179 Å². The Bertz CT molecular complexity index is 3010. The van der Waals surface area contributed by atoms with E-state index in [-0.39, 0.29) is 0 Å². The summed E-state index contributed by atoms with van der Waals surface area (Å²) in [6, 6.07) is 70.8. The summed E-state index contributed by atoms with van der Waals surface area (Å²) in [5.41, 5.74) is 26.9. The lowest BCUT2D eigenvalue weighted by Crippen LogP contribution is -1.87. The van der Waals surface area contributed by atoms with Crippen molar-refractivity contribution in [2.45, 2.75) is 103 Å². The Hall–Kier alpha value is -7.99. The third-order valence-corrected chi connectivity index (χ3v) is 12.4. The number of nitriles is 1. The molecule has 1 aliphatic carbocycles. The van der Waals surface area contributed by atoms with E-state index in [1.807, 2.05) is 94.4 Å². The molecule has 0 fully saturated rings. The predicted octanol–water partition coefficient (Wildman–Crippen LogP) is 20.6. The zero-order valence-corrected chi connectivity index (χ0v) is 47.7. The van der Waals surface area contributed by atoms with Crippen molar-refractivity contribution in [2.24, 2.45) is 5.92 Å². The summed E-state index contributed by atoms with van der Waals surface area (Å²) < 4.78 is 0. The first-order valence-electron chi connectivity index (χ1n) is 26.4. The van der Waals surface area contributed by atoms with Crippen LogP contribution in [-0.4, -0.2) is 0 Å². The van der Waals surface area contributed by atoms with Gasteiger partial charge in [0.1, 0.15) is 0 Å². The summed E-state index contributed by atoms with van der Waals surface area (Å²) in [6.07, 6.45) is 9.84. The molecule has 1 aliphatic rings. The molecule has 0 heterocycles. The van der Waals surface area contributed by atoms with Crippen molar-refractivity contribution in [1.82, 2.24) is 0 Å². The van der Waals surface area contributed by atoms with Crippen LogP contribution in [-0.2, 0) is 0 Å². The fourth-order valence-corrected chi connectivity index (χ4v) is 7.86. The van der Waals surface area contributed by atoms with Crippen LogP contribution in [0.25, 0.3) is 33.0 Å². The van der Waals surface area contributed by atoms with Gasteiger partial charge >= 0.3 is 0 Å². The van der Waals surface area contributed by atoms with Gasteiger partial charge in [0.25, 0.3) is 0 Å². The quantitative estimate of drug-likeness (QED) is 0.176. The number of benzene rings is 9. The summed E-state index contributed by atoms with van der Waals surface area (Å²) in [5, 5.41) is 11.1. The third kappa shape index (κ3) is 22.3. The zero-order chi connectivity index (χ0) is 55.1. The monoisotopic (exact) mass is 989 g/mol. The van der Waals surface area contributed by atoms with Crippen LogP contribution in [0.2, 0.25) is 0 Å². The number of nitrogens with two attached hydrogens (primary N) is 1. The van der Waals surface area contributed by atoms with Gasteiger partial charge in [0.2, 0.25) is 0 Å². The summed E-state index contributed by atoms with van der Waals surface area (Å²) in [6.45, 7) is 29.6. The molecule has 0 bridgehead atoms. The van der Waals surface area contributed by atoms with E-state index in [1.54, 1.807) is 0 Å². The van der Waals surface area contributed by atoms with Crippen LogP contribution in [0.15, 0.2) is 224 Å². The minimum atomic E-state index is 0.723. The second-order valence-electron chi connectivity index (χ2n) is 19.1. The topological polar surface area (TPSA) is 49.8 Å². The Balaban J connectivity index is 0.000000234. The molecule has 0 aliphatic heterocycles. The Morgan fingerprint density at radius 1 is 0.373 bits per heavy atom. The largest absolute Gasteiger partial charge is 0.399 e. The van der Waals surface area contributed by atoms with Gasteiger partial charge in [-0.15, -0.1) is 0 Å². The lowest BCUT2D eigenvalue weighted by molar-refractivity contribution is 0.737. The molecule has 9 aromatic rings. The van der Waals surface area contributed by atoms with Gasteiger partial charge in [-0.2, -0.15) is 5.26 Å². The zero-order valence-electron chi connectivity index (χ0n) is 47.7.